The number of fused-ring (bicyclic) bond motifs is 1. The molecule has 0 aliphatic rings. The molecule has 1 heterocycles. The van der Waals surface area contributed by atoms with E-state index in [-0.39, 0.29) is 11.6 Å². The normalized spacial score (nSPS) is 11.6. The molecule has 0 unspecified atom stereocenters. The second kappa shape index (κ2) is 4.28. The summed E-state index contributed by atoms with van der Waals surface area (Å²) in [7, 11) is 0. The summed E-state index contributed by atoms with van der Waals surface area (Å²) in [5, 5.41) is 8.66. The molecule has 4 nitrogen and oxygen atoms in total. The van der Waals surface area contributed by atoms with Crippen molar-refractivity contribution in [3.8, 4) is 0 Å². The van der Waals surface area contributed by atoms with E-state index < -0.39 is 0 Å². The van der Waals surface area contributed by atoms with E-state index in [1.54, 1.807) is 0 Å². The maximum atomic E-state index is 12.2. The summed E-state index contributed by atoms with van der Waals surface area (Å²) < 4.78 is 1.42. The highest BCUT2D eigenvalue weighted by atomic mass is 16.1. The lowest BCUT2D eigenvalue weighted by Crippen LogP contribution is -2.25. The van der Waals surface area contributed by atoms with Gasteiger partial charge in [-0.05, 0) is 37.5 Å². The van der Waals surface area contributed by atoms with Crippen LogP contribution in [0, 0.1) is 0 Å². The molecule has 17 heavy (non-hydrogen) atoms. The van der Waals surface area contributed by atoms with Crippen molar-refractivity contribution in [3.63, 3.8) is 0 Å². The largest absolute Gasteiger partial charge is 0.277 e. The lowest BCUT2D eigenvalue weighted by atomic mass is 10.0. The summed E-state index contributed by atoms with van der Waals surface area (Å²) in [5.41, 5.74) is 1.75. The van der Waals surface area contributed by atoms with Gasteiger partial charge in [-0.3, -0.25) is 4.79 Å². The Morgan fingerprint density at radius 2 is 1.88 bits per heavy atom. The van der Waals surface area contributed by atoms with Crippen LogP contribution in [0.3, 0.4) is 0 Å². The summed E-state index contributed by atoms with van der Waals surface area (Å²) in [6.45, 7) is 8.07. The van der Waals surface area contributed by atoms with Crippen molar-refractivity contribution >= 4 is 10.9 Å². The van der Waals surface area contributed by atoms with Crippen molar-refractivity contribution in [2.24, 2.45) is 0 Å². The topological polar surface area (TPSA) is 47.8 Å². The van der Waals surface area contributed by atoms with E-state index >= 15 is 0 Å². The fraction of sp³-hybridized carbons (Fsp3) is 0.462. The third kappa shape index (κ3) is 2.07. The molecule has 0 saturated carbocycles. The quantitative estimate of drug-likeness (QED) is 0.797. The average Bonchev–Trinajstić information content (AvgIpc) is 2.28. The molecule has 1 aromatic heterocycles. The standard InChI is InChI=1S/C13H17N3O/c1-8(2)10-5-6-12-11(7-10)13(17)16(9(3)4)15-14-12/h5-9H,1-4H3. The Labute approximate surface area is 100 Å². The highest BCUT2D eigenvalue weighted by Gasteiger charge is 2.09. The number of nitrogens with zero attached hydrogens (tertiary/aromatic N) is 3. The van der Waals surface area contributed by atoms with Gasteiger partial charge in [0.05, 0.1) is 11.4 Å². The third-order valence-electron chi connectivity index (χ3n) is 2.86. The first-order valence-corrected chi connectivity index (χ1v) is 5.90. The van der Waals surface area contributed by atoms with Crippen LogP contribution in [-0.2, 0) is 0 Å². The molecule has 90 valence electrons. The van der Waals surface area contributed by atoms with Crippen LogP contribution in [0.4, 0.5) is 0 Å². The van der Waals surface area contributed by atoms with E-state index in [9.17, 15) is 4.79 Å². The zero-order chi connectivity index (χ0) is 12.6. The van der Waals surface area contributed by atoms with Crippen LogP contribution in [0.2, 0.25) is 0 Å². The second-order valence-electron chi connectivity index (χ2n) is 4.86. The van der Waals surface area contributed by atoms with Crippen LogP contribution >= 0.6 is 0 Å². The molecule has 0 fully saturated rings. The smallest absolute Gasteiger partial charge is 0.267 e. The van der Waals surface area contributed by atoms with Crippen molar-refractivity contribution in [1.82, 2.24) is 15.0 Å². The maximum Gasteiger partial charge on any atom is 0.277 e. The van der Waals surface area contributed by atoms with E-state index in [1.165, 1.54) is 4.68 Å². The minimum Gasteiger partial charge on any atom is -0.267 e. The van der Waals surface area contributed by atoms with Crippen molar-refractivity contribution < 1.29 is 0 Å². The fourth-order valence-corrected chi connectivity index (χ4v) is 1.77. The SMILES string of the molecule is CC(C)c1ccc2nnn(C(C)C)c(=O)c2c1. The third-order valence-corrected chi connectivity index (χ3v) is 2.86. The summed E-state index contributed by atoms with van der Waals surface area (Å²) in [4.78, 5) is 12.2. The Morgan fingerprint density at radius 1 is 1.18 bits per heavy atom. The van der Waals surface area contributed by atoms with Crippen molar-refractivity contribution in [2.45, 2.75) is 39.7 Å². The molecule has 4 heteroatoms. The van der Waals surface area contributed by atoms with Gasteiger partial charge in [-0.15, -0.1) is 5.10 Å². The van der Waals surface area contributed by atoms with Gasteiger partial charge in [0.1, 0.15) is 5.52 Å². The second-order valence-corrected chi connectivity index (χ2v) is 4.86. The minimum atomic E-state index is -0.0625. The zero-order valence-corrected chi connectivity index (χ0v) is 10.6. The Bertz CT molecular complexity index is 594. The zero-order valence-electron chi connectivity index (χ0n) is 10.6. The summed E-state index contributed by atoms with van der Waals surface area (Å²) in [5.74, 6) is 0.402. The first-order chi connectivity index (χ1) is 8.00. The molecule has 2 rings (SSSR count). The van der Waals surface area contributed by atoms with Gasteiger partial charge in [-0.2, -0.15) is 0 Å². The van der Waals surface area contributed by atoms with Crippen LogP contribution in [0.1, 0.15) is 45.2 Å². The van der Waals surface area contributed by atoms with E-state index in [4.69, 9.17) is 0 Å². The Morgan fingerprint density at radius 3 is 2.47 bits per heavy atom. The van der Waals surface area contributed by atoms with E-state index in [2.05, 4.69) is 24.2 Å². The molecule has 0 aliphatic heterocycles. The molecular weight excluding hydrogens is 214 g/mol. The number of hydrogen-bond donors (Lipinski definition) is 0. The van der Waals surface area contributed by atoms with Crippen LogP contribution in [0.15, 0.2) is 23.0 Å². The molecule has 0 saturated heterocycles. The van der Waals surface area contributed by atoms with E-state index in [0.717, 1.165) is 5.56 Å². The molecule has 0 atom stereocenters. The van der Waals surface area contributed by atoms with Crippen molar-refractivity contribution in [3.05, 3.63) is 34.1 Å². The molecule has 0 N–H and O–H groups in total. The van der Waals surface area contributed by atoms with Crippen LogP contribution < -0.4 is 5.56 Å². The Balaban J connectivity index is 2.74. The average molecular weight is 231 g/mol. The predicted molar refractivity (Wildman–Crippen MR) is 68.3 cm³/mol. The van der Waals surface area contributed by atoms with Gasteiger partial charge >= 0.3 is 0 Å². The number of rotatable bonds is 2. The van der Waals surface area contributed by atoms with Gasteiger partial charge in [-0.25, -0.2) is 4.68 Å². The highest BCUT2D eigenvalue weighted by molar-refractivity contribution is 5.77. The van der Waals surface area contributed by atoms with Crippen LogP contribution in [-0.4, -0.2) is 15.0 Å². The first kappa shape index (κ1) is 11.8. The number of aromatic nitrogens is 3. The van der Waals surface area contributed by atoms with Gasteiger partial charge in [0.25, 0.3) is 5.56 Å². The molecule has 0 amide bonds. The predicted octanol–water partition coefficient (Wildman–Crippen LogP) is 2.50. The Hall–Kier alpha value is -1.71. The van der Waals surface area contributed by atoms with E-state index in [0.29, 0.717) is 16.8 Å². The molecular formula is C13H17N3O. The van der Waals surface area contributed by atoms with Gasteiger partial charge in [0, 0.05) is 0 Å². The van der Waals surface area contributed by atoms with E-state index in [1.807, 2.05) is 32.0 Å². The van der Waals surface area contributed by atoms with Gasteiger partial charge < -0.3 is 0 Å². The number of benzene rings is 1. The van der Waals surface area contributed by atoms with Crippen LogP contribution in [0.5, 0.6) is 0 Å². The molecule has 1 aromatic carbocycles. The first-order valence-electron chi connectivity index (χ1n) is 5.90. The van der Waals surface area contributed by atoms with Crippen molar-refractivity contribution in [2.75, 3.05) is 0 Å². The molecule has 2 aromatic rings. The Kier molecular flexibility index (Phi) is 2.96. The number of hydrogen-bond acceptors (Lipinski definition) is 3. The van der Waals surface area contributed by atoms with Gasteiger partial charge in [-0.1, -0.05) is 25.1 Å². The van der Waals surface area contributed by atoms with Crippen molar-refractivity contribution in [1.29, 1.82) is 0 Å². The fourth-order valence-electron chi connectivity index (χ4n) is 1.77. The molecule has 0 spiro atoms. The minimum absolute atomic E-state index is 0.0297. The molecule has 0 radical (unpaired) electrons. The molecule has 0 aliphatic carbocycles. The summed E-state index contributed by atoms with van der Waals surface area (Å²) in [6, 6.07) is 5.82. The van der Waals surface area contributed by atoms with Gasteiger partial charge in [0.2, 0.25) is 0 Å². The highest BCUT2D eigenvalue weighted by Crippen LogP contribution is 2.17. The lowest BCUT2D eigenvalue weighted by molar-refractivity contribution is 0.481. The summed E-state index contributed by atoms with van der Waals surface area (Å²) >= 11 is 0. The molecule has 0 bridgehead atoms. The monoisotopic (exact) mass is 231 g/mol. The van der Waals surface area contributed by atoms with Gasteiger partial charge in [0.15, 0.2) is 0 Å². The maximum absolute atomic E-state index is 12.2. The van der Waals surface area contributed by atoms with Crippen LogP contribution in [0.25, 0.3) is 10.9 Å². The summed E-state index contributed by atoms with van der Waals surface area (Å²) in [6.07, 6.45) is 0. The lowest BCUT2D eigenvalue weighted by Gasteiger charge is -2.09.